The van der Waals surface area contributed by atoms with Crippen LogP contribution >= 0.6 is 0 Å². The summed E-state index contributed by atoms with van der Waals surface area (Å²) >= 11 is 0. The summed E-state index contributed by atoms with van der Waals surface area (Å²) < 4.78 is 2.03. The Bertz CT molecular complexity index is 740. The number of nitrogens with zero attached hydrogens (tertiary/aromatic N) is 4. The highest BCUT2D eigenvalue weighted by Gasteiger charge is 2.26. The van der Waals surface area contributed by atoms with Crippen molar-refractivity contribution >= 4 is 11.7 Å². The van der Waals surface area contributed by atoms with Gasteiger partial charge in [0.15, 0.2) is 0 Å². The summed E-state index contributed by atoms with van der Waals surface area (Å²) in [6.45, 7) is 9.50. The van der Waals surface area contributed by atoms with Crippen molar-refractivity contribution in [3.8, 4) is 0 Å². The van der Waals surface area contributed by atoms with Gasteiger partial charge < -0.3 is 10.2 Å². The molecule has 140 valence electrons. The minimum absolute atomic E-state index is 0.0336. The van der Waals surface area contributed by atoms with Crippen LogP contribution in [0.5, 0.6) is 0 Å². The third-order valence-electron chi connectivity index (χ3n) is 5.27. The van der Waals surface area contributed by atoms with Gasteiger partial charge in [-0.25, -0.2) is 4.98 Å². The number of nitrogens with one attached hydrogen (secondary N) is 1. The Morgan fingerprint density at radius 3 is 2.88 bits per heavy atom. The van der Waals surface area contributed by atoms with Crippen molar-refractivity contribution in [2.75, 3.05) is 24.5 Å². The summed E-state index contributed by atoms with van der Waals surface area (Å²) in [6.07, 6.45) is 4.61. The number of hydrogen-bond acceptors (Lipinski definition) is 4. The maximum Gasteiger partial charge on any atom is 0.224 e. The van der Waals surface area contributed by atoms with Gasteiger partial charge in [-0.3, -0.25) is 9.48 Å². The molecule has 1 N–H and O–H groups in total. The van der Waals surface area contributed by atoms with Crippen LogP contribution in [0.25, 0.3) is 0 Å². The van der Waals surface area contributed by atoms with Gasteiger partial charge in [0, 0.05) is 38.1 Å². The molecule has 26 heavy (non-hydrogen) atoms. The standard InChI is InChI=1S/C20H29N5O/c1-4-25-16(3)18(15(2)23-25)10-12-22-20(26)17-8-7-13-24(14-17)19-9-5-6-11-21-19/h5-6,9,11,17H,4,7-8,10,12-14H2,1-3H3,(H,22,26). The first-order valence-electron chi connectivity index (χ1n) is 9.56. The van der Waals surface area contributed by atoms with Crippen molar-refractivity contribution in [2.45, 2.75) is 46.6 Å². The van der Waals surface area contributed by atoms with Crippen molar-refractivity contribution in [1.82, 2.24) is 20.1 Å². The Kier molecular flexibility index (Phi) is 5.91. The van der Waals surface area contributed by atoms with Crippen molar-refractivity contribution in [2.24, 2.45) is 5.92 Å². The van der Waals surface area contributed by atoms with Gasteiger partial charge in [0.1, 0.15) is 5.82 Å². The van der Waals surface area contributed by atoms with Crippen LogP contribution in [0.15, 0.2) is 24.4 Å². The summed E-state index contributed by atoms with van der Waals surface area (Å²) in [5.41, 5.74) is 3.53. The average Bonchev–Trinajstić information content (AvgIpc) is 2.96. The molecule has 2 aromatic rings. The number of aryl methyl sites for hydroxylation is 2. The lowest BCUT2D eigenvalue weighted by molar-refractivity contribution is -0.125. The normalized spacial score (nSPS) is 17.3. The van der Waals surface area contributed by atoms with E-state index >= 15 is 0 Å². The molecule has 1 aliphatic rings. The lowest BCUT2D eigenvalue weighted by Crippen LogP contribution is -2.43. The van der Waals surface area contributed by atoms with Gasteiger partial charge >= 0.3 is 0 Å². The largest absolute Gasteiger partial charge is 0.356 e. The molecule has 1 unspecified atom stereocenters. The van der Waals surface area contributed by atoms with E-state index < -0.39 is 0 Å². The van der Waals surface area contributed by atoms with Crippen molar-refractivity contribution in [3.63, 3.8) is 0 Å². The van der Waals surface area contributed by atoms with Crippen LogP contribution in [0.4, 0.5) is 5.82 Å². The third-order valence-corrected chi connectivity index (χ3v) is 5.27. The summed E-state index contributed by atoms with van der Waals surface area (Å²) in [7, 11) is 0. The first-order valence-corrected chi connectivity index (χ1v) is 9.56. The molecule has 2 aromatic heterocycles. The number of aromatic nitrogens is 3. The average molecular weight is 355 g/mol. The second-order valence-electron chi connectivity index (χ2n) is 6.98. The molecule has 0 radical (unpaired) electrons. The predicted molar refractivity (Wildman–Crippen MR) is 103 cm³/mol. The van der Waals surface area contributed by atoms with Gasteiger partial charge in [-0.1, -0.05) is 6.07 Å². The van der Waals surface area contributed by atoms with Gasteiger partial charge in [0.05, 0.1) is 11.6 Å². The zero-order chi connectivity index (χ0) is 18.5. The summed E-state index contributed by atoms with van der Waals surface area (Å²) in [5, 5.41) is 7.68. The number of carbonyl (C=O) groups excluding carboxylic acids is 1. The van der Waals surface area contributed by atoms with E-state index in [1.165, 1.54) is 11.3 Å². The smallest absolute Gasteiger partial charge is 0.224 e. The Morgan fingerprint density at radius 2 is 2.19 bits per heavy atom. The van der Waals surface area contributed by atoms with E-state index in [9.17, 15) is 4.79 Å². The van der Waals surface area contributed by atoms with E-state index in [1.807, 2.05) is 29.8 Å². The topological polar surface area (TPSA) is 63.1 Å². The van der Waals surface area contributed by atoms with Crippen LogP contribution in [-0.4, -0.2) is 40.3 Å². The Morgan fingerprint density at radius 1 is 1.35 bits per heavy atom. The fourth-order valence-corrected chi connectivity index (χ4v) is 3.80. The Labute approximate surface area is 155 Å². The van der Waals surface area contributed by atoms with Gasteiger partial charge in [-0.2, -0.15) is 5.10 Å². The number of pyridine rings is 1. The van der Waals surface area contributed by atoms with Gasteiger partial charge in [-0.05, 0) is 57.7 Å². The van der Waals surface area contributed by atoms with Crippen molar-refractivity contribution < 1.29 is 4.79 Å². The van der Waals surface area contributed by atoms with E-state index in [1.54, 1.807) is 6.20 Å². The van der Waals surface area contributed by atoms with Crippen LogP contribution in [0.2, 0.25) is 0 Å². The van der Waals surface area contributed by atoms with E-state index in [0.717, 1.165) is 50.4 Å². The second kappa shape index (κ2) is 8.34. The molecule has 6 heteroatoms. The number of amides is 1. The molecule has 1 saturated heterocycles. The molecule has 6 nitrogen and oxygen atoms in total. The van der Waals surface area contributed by atoms with Crippen LogP contribution < -0.4 is 10.2 Å². The van der Waals surface area contributed by atoms with Gasteiger partial charge in [-0.15, -0.1) is 0 Å². The fourth-order valence-electron chi connectivity index (χ4n) is 3.80. The fraction of sp³-hybridized carbons (Fsp3) is 0.550. The minimum Gasteiger partial charge on any atom is -0.356 e. The number of carbonyl (C=O) groups is 1. The first kappa shape index (κ1) is 18.4. The van der Waals surface area contributed by atoms with Gasteiger partial charge in [0.2, 0.25) is 5.91 Å². The third kappa shape index (κ3) is 4.06. The quantitative estimate of drug-likeness (QED) is 0.865. The van der Waals surface area contributed by atoms with Crippen LogP contribution in [0.3, 0.4) is 0 Å². The molecule has 3 heterocycles. The molecule has 0 aromatic carbocycles. The molecule has 3 rings (SSSR count). The summed E-state index contributed by atoms with van der Waals surface area (Å²) in [5.74, 6) is 1.15. The highest BCUT2D eigenvalue weighted by atomic mass is 16.1. The number of piperidine rings is 1. The molecule has 0 bridgehead atoms. The van der Waals surface area contributed by atoms with Gasteiger partial charge in [0.25, 0.3) is 0 Å². The highest BCUT2D eigenvalue weighted by Crippen LogP contribution is 2.21. The monoisotopic (exact) mass is 355 g/mol. The lowest BCUT2D eigenvalue weighted by atomic mass is 9.97. The van der Waals surface area contributed by atoms with E-state index in [-0.39, 0.29) is 11.8 Å². The molecule has 0 saturated carbocycles. The molecule has 0 aliphatic carbocycles. The van der Waals surface area contributed by atoms with E-state index in [0.29, 0.717) is 6.54 Å². The predicted octanol–water partition coefficient (Wildman–Crippen LogP) is 2.49. The number of rotatable bonds is 6. The molecular weight excluding hydrogens is 326 g/mol. The summed E-state index contributed by atoms with van der Waals surface area (Å²) in [6, 6.07) is 5.92. The Hall–Kier alpha value is -2.37. The molecule has 1 amide bonds. The van der Waals surface area contributed by atoms with Crippen LogP contribution in [0, 0.1) is 19.8 Å². The molecule has 1 fully saturated rings. The Balaban J connectivity index is 1.53. The zero-order valence-corrected chi connectivity index (χ0v) is 16.0. The van der Waals surface area contributed by atoms with Crippen LogP contribution in [0.1, 0.15) is 36.7 Å². The summed E-state index contributed by atoms with van der Waals surface area (Å²) in [4.78, 5) is 19.2. The maximum atomic E-state index is 12.6. The first-order chi connectivity index (χ1) is 12.6. The number of anilines is 1. The minimum atomic E-state index is 0.0336. The highest BCUT2D eigenvalue weighted by molar-refractivity contribution is 5.79. The molecule has 0 spiro atoms. The van der Waals surface area contributed by atoms with Crippen molar-refractivity contribution in [3.05, 3.63) is 41.3 Å². The van der Waals surface area contributed by atoms with E-state index in [2.05, 4.69) is 34.1 Å². The lowest BCUT2D eigenvalue weighted by Gasteiger charge is -2.32. The van der Waals surface area contributed by atoms with Crippen LogP contribution in [-0.2, 0) is 17.8 Å². The molecule has 1 aliphatic heterocycles. The maximum absolute atomic E-state index is 12.6. The van der Waals surface area contributed by atoms with E-state index in [4.69, 9.17) is 0 Å². The van der Waals surface area contributed by atoms with Crippen molar-refractivity contribution in [1.29, 1.82) is 0 Å². The number of hydrogen-bond donors (Lipinski definition) is 1. The second-order valence-corrected chi connectivity index (χ2v) is 6.98. The zero-order valence-electron chi connectivity index (χ0n) is 16.0. The molecule has 1 atom stereocenters. The molecular formula is C20H29N5O. The SMILES string of the molecule is CCn1nc(C)c(CCNC(=O)C2CCCN(c3ccccn3)C2)c1C.